The largest absolute Gasteiger partial charge is 0.298 e. The first-order valence-electron chi connectivity index (χ1n) is 4.92. The third kappa shape index (κ3) is 2.51. The first kappa shape index (κ1) is 13.3. The molecule has 0 atom stereocenters. The molecule has 0 aromatic heterocycles. The second kappa shape index (κ2) is 5.27. The Hall–Kier alpha value is -1.09. The third-order valence-corrected chi connectivity index (χ3v) is 3.23. The van der Waals surface area contributed by atoms with Crippen LogP contribution in [0.3, 0.4) is 0 Å². The van der Waals surface area contributed by atoms with Gasteiger partial charge in [-0.1, -0.05) is 34.8 Å². The molecular formula is C13H6Cl3FO. The van der Waals surface area contributed by atoms with Crippen molar-refractivity contribution < 1.29 is 9.18 Å². The van der Waals surface area contributed by atoms with Gasteiger partial charge in [-0.3, -0.25) is 4.79 Å². The molecule has 0 aliphatic heterocycles. The second-order valence-corrected chi connectivity index (χ2v) is 4.84. The molecule has 0 N–H and O–H groups in total. The first-order valence-corrected chi connectivity index (χ1v) is 6.06. The van der Waals surface area contributed by atoms with E-state index in [-0.39, 0.29) is 10.0 Å². The minimum atomic E-state index is -0.474. The lowest BCUT2D eigenvalue weighted by Gasteiger charge is -2.10. The Morgan fingerprint density at radius 3 is 2.17 bits per heavy atom. The monoisotopic (exact) mass is 302 g/mol. The summed E-state index contributed by atoms with van der Waals surface area (Å²) in [6.07, 6.45) is 0.621. The number of aldehydes is 1. The molecule has 0 heterocycles. The smallest absolute Gasteiger partial charge is 0.150 e. The van der Waals surface area contributed by atoms with Crippen molar-refractivity contribution in [2.24, 2.45) is 0 Å². The van der Waals surface area contributed by atoms with Gasteiger partial charge in [-0.15, -0.1) is 0 Å². The summed E-state index contributed by atoms with van der Waals surface area (Å²) >= 11 is 17.9. The molecular weight excluding hydrogens is 297 g/mol. The SMILES string of the molecule is O=Cc1ccc(F)cc1-c1c(Cl)cc(Cl)cc1Cl. The molecule has 2 aromatic rings. The minimum Gasteiger partial charge on any atom is -0.298 e. The average molecular weight is 304 g/mol. The summed E-state index contributed by atoms with van der Waals surface area (Å²) in [5.41, 5.74) is 1.04. The van der Waals surface area contributed by atoms with Crippen molar-refractivity contribution >= 4 is 41.1 Å². The van der Waals surface area contributed by atoms with Gasteiger partial charge in [-0.2, -0.15) is 0 Å². The van der Waals surface area contributed by atoms with Crippen LogP contribution in [0.4, 0.5) is 4.39 Å². The zero-order valence-corrected chi connectivity index (χ0v) is 11.2. The molecule has 0 aliphatic rings. The van der Waals surface area contributed by atoms with Gasteiger partial charge in [-0.25, -0.2) is 4.39 Å². The first-order chi connectivity index (χ1) is 8.52. The van der Waals surface area contributed by atoms with E-state index in [1.807, 2.05) is 0 Å². The number of benzene rings is 2. The van der Waals surface area contributed by atoms with E-state index in [1.165, 1.54) is 30.3 Å². The summed E-state index contributed by atoms with van der Waals surface area (Å²) in [6.45, 7) is 0. The fraction of sp³-hybridized carbons (Fsp3) is 0. The molecule has 18 heavy (non-hydrogen) atoms. The molecule has 5 heteroatoms. The molecule has 0 radical (unpaired) electrons. The van der Waals surface area contributed by atoms with E-state index in [0.717, 1.165) is 0 Å². The fourth-order valence-corrected chi connectivity index (χ4v) is 2.67. The fourth-order valence-electron chi connectivity index (χ4n) is 1.65. The van der Waals surface area contributed by atoms with Gasteiger partial charge >= 0.3 is 0 Å². The Morgan fingerprint density at radius 2 is 1.61 bits per heavy atom. The molecule has 2 aromatic carbocycles. The number of hydrogen-bond donors (Lipinski definition) is 0. The van der Waals surface area contributed by atoms with Crippen molar-refractivity contribution in [2.45, 2.75) is 0 Å². The van der Waals surface area contributed by atoms with Crippen molar-refractivity contribution in [2.75, 3.05) is 0 Å². The van der Waals surface area contributed by atoms with Crippen LogP contribution in [0.2, 0.25) is 15.1 Å². The summed E-state index contributed by atoms with van der Waals surface area (Å²) in [5.74, 6) is -0.474. The van der Waals surface area contributed by atoms with Gasteiger partial charge in [0, 0.05) is 16.1 Å². The quantitative estimate of drug-likeness (QED) is 0.691. The van der Waals surface area contributed by atoms with Crippen LogP contribution in [0.25, 0.3) is 11.1 Å². The van der Waals surface area contributed by atoms with Gasteiger partial charge in [0.2, 0.25) is 0 Å². The van der Waals surface area contributed by atoms with E-state index in [2.05, 4.69) is 0 Å². The Balaban J connectivity index is 2.76. The van der Waals surface area contributed by atoms with Crippen LogP contribution in [-0.2, 0) is 0 Å². The zero-order valence-electron chi connectivity index (χ0n) is 8.88. The highest BCUT2D eigenvalue weighted by Crippen LogP contribution is 2.38. The number of rotatable bonds is 2. The lowest BCUT2D eigenvalue weighted by Crippen LogP contribution is -1.91. The summed E-state index contributed by atoms with van der Waals surface area (Å²) in [5, 5.41) is 0.903. The maximum atomic E-state index is 13.3. The normalized spacial score (nSPS) is 10.4. The Labute approximate surface area is 118 Å². The van der Waals surface area contributed by atoms with Gasteiger partial charge in [0.25, 0.3) is 0 Å². The molecule has 0 spiro atoms. The molecule has 0 unspecified atom stereocenters. The van der Waals surface area contributed by atoms with Gasteiger partial charge in [0.1, 0.15) is 5.82 Å². The average Bonchev–Trinajstić information content (AvgIpc) is 2.28. The van der Waals surface area contributed by atoms with E-state index in [9.17, 15) is 9.18 Å². The van der Waals surface area contributed by atoms with E-state index < -0.39 is 5.82 Å². The Morgan fingerprint density at radius 1 is 1.00 bits per heavy atom. The Kier molecular flexibility index (Phi) is 3.91. The van der Waals surface area contributed by atoms with Crippen LogP contribution in [0.1, 0.15) is 10.4 Å². The lowest BCUT2D eigenvalue weighted by molar-refractivity contribution is 0.112. The predicted octanol–water partition coefficient (Wildman–Crippen LogP) is 5.27. The predicted molar refractivity (Wildman–Crippen MR) is 72.3 cm³/mol. The topological polar surface area (TPSA) is 17.1 Å². The molecule has 0 aliphatic carbocycles. The Bertz CT molecular complexity index is 603. The summed E-state index contributed by atoms with van der Waals surface area (Å²) in [6, 6.07) is 6.77. The number of carbonyl (C=O) groups excluding carboxylic acids is 1. The van der Waals surface area contributed by atoms with Crippen LogP contribution in [0.15, 0.2) is 30.3 Å². The molecule has 0 bridgehead atoms. The number of hydrogen-bond acceptors (Lipinski definition) is 1. The lowest BCUT2D eigenvalue weighted by atomic mass is 10.00. The highest BCUT2D eigenvalue weighted by molar-refractivity contribution is 6.42. The van der Waals surface area contributed by atoms with E-state index in [1.54, 1.807) is 0 Å². The van der Waals surface area contributed by atoms with Crippen molar-refractivity contribution in [1.82, 2.24) is 0 Å². The maximum Gasteiger partial charge on any atom is 0.150 e. The van der Waals surface area contributed by atoms with Crippen LogP contribution in [0.5, 0.6) is 0 Å². The molecule has 92 valence electrons. The zero-order chi connectivity index (χ0) is 13.3. The minimum absolute atomic E-state index is 0.265. The molecule has 0 saturated carbocycles. The van der Waals surface area contributed by atoms with Crippen molar-refractivity contribution in [1.29, 1.82) is 0 Å². The van der Waals surface area contributed by atoms with Crippen LogP contribution >= 0.6 is 34.8 Å². The molecule has 1 nitrogen and oxygen atoms in total. The van der Waals surface area contributed by atoms with Crippen LogP contribution < -0.4 is 0 Å². The van der Waals surface area contributed by atoms with Gasteiger partial charge in [-0.05, 0) is 35.9 Å². The van der Waals surface area contributed by atoms with Gasteiger partial charge < -0.3 is 0 Å². The molecule has 0 fully saturated rings. The second-order valence-electron chi connectivity index (χ2n) is 3.59. The van der Waals surface area contributed by atoms with Gasteiger partial charge in [0.15, 0.2) is 6.29 Å². The molecule has 0 saturated heterocycles. The van der Waals surface area contributed by atoms with Gasteiger partial charge in [0.05, 0.1) is 10.0 Å². The van der Waals surface area contributed by atoms with E-state index in [0.29, 0.717) is 28.0 Å². The highest BCUT2D eigenvalue weighted by atomic mass is 35.5. The highest BCUT2D eigenvalue weighted by Gasteiger charge is 2.14. The summed E-state index contributed by atoms with van der Waals surface area (Å²) < 4.78 is 13.3. The van der Waals surface area contributed by atoms with Crippen LogP contribution in [-0.4, -0.2) is 6.29 Å². The van der Waals surface area contributed by atoms with Crippen molar-refractivity contribution in [3.05, 3.63) is 56.8 Å². The molecule has 0 amide bonds. The third-order valence-electron chi connectivity index (χ3n) is 2.42. The summed E-state index contributed by atoms with van der Waals surface area (Å²) in [4.78, 5) is 11.0. The van der Waals surface area contributed by atoms with E-state index in [4.69, 9.17) is 34.8 Å². The summed E-state index contributed by atoms with van der Waals surface area (Å²) in [7, 11) is 0. The maximum absolute atomic E-state index is 13.3. The molecule has 2 rings (SSSR count). The number of halogens is 4. The van der Waals surface area contributed by atoms with Crippen molar-refractivity contribution in [3.8, 4) is 11.1 Å². The van der Waals surface area contributed by atoms with Crippen LogP contribution in [0, 0.1) is 5.82 Å². The van der Waals surface area contributed by atoms with Crippen molar-refractivity contribution in [3.63, 3.8) is 0 Å². The van der Waals surface area contributed by atoms with E-state index >= 15 is 0 Å². The number of carbonyl (C=O) groups is 1. The standard InChI is InChI=1S/C13H6Cl3FO/c14-8-3-11(15)13(12(16)4-8)10-5-9(17)2-1-7(10)6-18/h1-6H.